The van der Waals surface area contributed by atoms with Gasteiger partial charge in [0.25, 0.3) is 5.91 Å². The van der Waals surface area contributed by atoms with Crippen molar-refractivity contribution in [1.29, 1.82) is 0 Å². The molecule has 196 valence electrons. The van der Waals surface area contributed by atoms with Gasteiger partial charge in [0, 0.05) is 5.56 Å². The SMILES string of the molecule is Cc1ccc(S(=O)(=O)N[C@H](C(=O)N/N=C\c2ccccc2OCc2cccc3ccccc23)C(C)C)cc1. The Labute approximate surface area is 223 Å². The lowest BCUT2D eigenvalue weighted by Crippen LogP contribution is -2.48. The lowest BCUT2D eigenvalue weighted by Gasteiger charge is -2.20. The van der Waals surface area contributed by atoms with Crippen LogP contribution in [0.15, 0.2) is 101 Å². The molecule has 7 nitrogen and oxygen atoms in total. The number of fused-ring (bicyclic) bond motifs is 1. The molecule has 0 aliphatic heterocycles. The maximum atomic E-state index is 12.9. The summed E-state index contributed by atoms with van der Waals surface area (Å²) in [5, 5.41) is 6.35. The third-order valence-electron chi connectivity index (χ3n) is 6.12. The fraction of sp³-hybridized carbons (Fsp3) is 0.200. The number of hydrogen-bond donors (Lipinski definition) is 2. The number of benzene rings is 4. The summed E-state index contributed by atoms with van der Waals surface area (Å²) in [7, 11) is -3.88. The molecule has 4 rings (SSSR count). The van der Waals surface area contributed by atoms with Crippen LogP contribution >= 0.6 is 0 Å². The summed E-state index contributed by atoms with van der Waals surface area (Å²) in [6, 6.07) is 27.0. The van der Waals surface area contributed by atoms with Crippen molar-refractivity contribution in [2.24, 2.45) is 11.0 Å². The van der Waals surface area contributed by atoms with E-state index in [2.05, 4.69) is 33.4 Å². The van der Waals surface area contributed by atoms with Crippen molar-refractivity contribution in [3.05, 3.63) is 108 Å². The molecule has 0 radical (unpaired) electrons. The second-order valence-electron chi connectivity index (χ2n) is 9.36. The first-order valence-corrected chi connectivity index (χ1v) is 13.8. The second kappa shape index (κ2) is 12.0. The van der Waals surface area contributed by atoms with Gasteiger partial charge in [-0.15, -0.1) is 0 Å². The van der Waals surface area contributed by atoms with Crippen LogP contribution in [0.4, 0.5) is 0 Å². The number of carbonyl (C=O) groups excluding carboxylic acids is 1. The van der Waals surface area contributed by atoms with Crippen molar-refractivity contribution >= 4 is 32.9 Å². The maximum absolute atomic E-state index is 12.9. The van der Waals surface area contributed by atoms with E-state index in [1.54, 1.807) is 26.0 Å². The van der Waals surface area contributed by atoms with Gasteiger partial charge in [-0.05, 0) is 53.4 Å². The van der Waals surface area contributed by atoms with Crippen LogP contribution in [0.5, 0.6) is 5.75 Å². The molecule has 0 spiro atoms. The number of nitrogens with zero attached hydrogens (tertiary/aromatic N) is 1. The number of ether oxygens (including phenoxy) is 1. The highest BCUT2D eigenvalue weighted by Gasteiger charge is 2.28. The van der Waals surface area contributed by atoms with Crippen LogP contribution in [-0.2, 0) is 21.4 Å². The van der Waals surface area contributed by atoms with Crippen LogP contribution in [0.3, 0.4) is 0 Å². The van der Waals surface area contributed by atoms with Crippen molar-refractivity contribution in [1.82, 2.24) is 10.1 Å². The van der Waals surface area contributed by atoms with Crippen LogP contribution in [0.25, 0.3) is 10.8 Å². The molecule has 1 amide bonds. The van der Waals surface area contributed by atoms with Crippen LogP contribution < -0.4 is 14.9 Å². The lowest BCUT2D eigenvalue weighted by molar-refractivity contribution is -0.123. The molecule has 0 aromatic heterocycles. The second-order valence-corrected chi connectivity index (χ2v) is 11.1. The minimum atomic E-state index is -3.88. The standard InChI is InChI=1S/C30H31N3O4S/c1-21(2)29(33-38(35,36)26-17-15-22(3)16-18-26)30(34)32-31-19-24-10-5-7-14-28(24)37-20-25-12-8-11-23-9-4-6-13-27(23)25/h4-19,21,29,33H,20H2,1-3H3,(H,32,34)/b31-19-/t29-/m0/s1. The smallest absolute Gasteiger partial charge is 0.258 e. The Morgan fingerprint density at radius 1 is 0.921 bits per heavy atom. The molecule has 0 heterocycles. The quantitative estimate of drug-likeness (QED) is 0.219. The molecule has 2 N–H and O–H groups in total. The minimum absolute atomic E-state index is 0.0994. The number of amides is 1. The average Bonchev–Trinajstić information content (AvgIpc) is 2.91. The molecule has 0 aliphatic carbocycles. The normalized spacial score (nSPS) is 12.6. The fourth-order valence-electron chi connectivity index (χ4n) is 3.97. The molecule has 4 aromatic carbocycles. The summed E-state index contributed by atoms with van der Waals surface area (Å²) in [5.41, 5.74) is 5.15. The van der Waals surface area contributed by atoms with Crippen molar-refractivity contribution < 1.29 is 17.9 Å². The predicted molar refractivity (Wildman–Crippen MR) is 151 cm³/mol. The van der Waals surface area contributed by atoms with Gasteiger partial charge in [0.1, 0.15) is 18.4 Å². The molecule has 0 bridgehead atoms. The highest BCUT2D eigenvalue weighted by molar-refractivity contribution is 7.89. The summed E-state index contributed by atoms with van der Waals surface area (Å²) in [6.07, 6.45) is 1.49. The number of nitrogens with one attached hydrogen (secondary N) is 2. The molecule has 4 aromatic rings. The van der Waals surface area contributed by atoms with E-state index < -0.39 is 22.0 Å². The molecule has 0 saturated heterocycles. The van der Waals surface area contributed by atoms with Crippen LogP contribution in [0.2, 0.25) is 0 Å². The Morgan fingerprint density at radius 3 is 2.37 bits per heavy atom. The van der Waals surface area contributed by atoms with Gasteiger partial charge in [-0.3, -0.25) is 4.79 Å². The van der Waals surface area contributed by atoms with Gasteiger partial charge in [-0.25, -0.2) is 13.8 Å². The van der Waals surface area contributed by atoms with Gasteiger partial charge in [-0.1, -0.05) is 86.1 Å². The van der Waals surface area contributed by atoms with E-state index in [0.29, 0.717) is 17.9 Å². The zero-order valence-electron chi connectivity index (χ0n) is 21.6. The molecule has 0 fully saturated rings. The Hall–Kier alpha value is -4.01. The number of carbonyl (C=O) groups is 1. The van der Waals surface area contributed by atoms with E-state index in [-0.39, 0.29) is 10.8 Å². The maximum Gasteiger partial charge on any atom is 0.258 e. The van der Waals surface area contributed by atoms with E-state index in [0.717, 1.165) is 21.9 Å². The van der Waals surface area contributed by atoms with Crippen LogP contribution in [-0.4, -0.2) is 26.6 Å². The molecular formula is C30H31N3O4S. The molecule has 8 heteroatoms. The molecule has 0 saturated carbocycles. The van der Waals surface area contributed by atoms with Gasteiger partial charge in [-0.2, -0.15) is 9.82 Å². The Kier molecular flexibility index (Phi) is 8.55. The van der Waals surface area contributed by atoms with Crippen molar-refractivity contribution in [3.8, 4) is 5.75 Å². The summed E-state index contributed by atoms with van der Waals surface area (Å²) < 4.78 is 34.3. The van der Waals surface area contributed by atoms with Crippen molar-refractivity contribution in [2.75, 3.05) is 0 Å². The summed E-state index contributed by atoms with van der Waals surface area (Å²) in [5.74, 6) is -0.248. The summed E-state index contributed by atoms with van der Waals surface area (Å²) in [6.45, 7) is 5.78. The zero-order valence-corrected chi connectivity index (χ0v) is 22.4. The molecule has 0 aliphatic rings. The number of sulfonamides is 1. The van der Waals surface area contributed by atoms with Crippen molar-refractivity contribution in [2.45, 2.75) is 38.3 Å². The van der Waals surface area contributed by atoms with Gasteiger partial charge in [0.05, 0.1) is 11.1 Å². The highest BCUT2D eigenvalue weighted by Crippen LogP contribution is 2.22. The first-order chi connectivity index (χ1) is 18.2. The zero-order chi connectivity index (χ0) is 27.1. The van der Waals surface area contributed by atoms with E-state index in [9.17, 15) is 13.2 Å². The number of rotatable bonds is 10. The summed E-state index contributed by atoms with van der Waals surface area (Å²) in [4.78, 5) is 13.0. The first kappa shape index (κ1) is 27.0. The largest absolute Gasteiger partial charge is 0.488 e. The van der Waals surface area contributed by atoms with Gasteiger partial charge in [0.2, 0.25) is 10.0 Å². The van der Waals surface area contributed by atoms with Gasteiger partial charge < -0.3 is 4.74 Å². The number of hydrazone groups is 1. The molecule has 1 atom stereocenters. The van der Waals surface area contributed by atoms with Crippen LogP contribution in [0.1, 0.15) is 30.5 Å². The predicted octanol–water partition coefficient (Wildman–Crippen LogP) is 5.18. The van der Waals surface area contributed by atoms with Crippen molar-refractivity contribution in [3.63, 3.8) is 0 Å². The molecule has 38 heavy (non-hydrogen) atoms. The molecular weight excluding hydrogens is 498 g/mol. The van der Waals surface area contributed by atoms with E-state index in [4.69, 9.17) is 4.74 Å². The summed E-state index contributed by atoms with van der Waals surface area (Å²) >= 11 is 0. The fourth-order valence-corrected chi connectivity index (χ4v) is 5.32. The number of aryl methyl sites for hydroxylation is 1. The highest BCUT2D eigenvalue weighted by atomic mass is 32.2. The van der Waals surface area contributed by atoms with E-state index in [1.807, 2.05) is 55.5 Å². The van der Waals surface area contributed by atoms with Gasteiger partial charge in [0.15, 0.2) is 0 Å². The first-order valence-electron chi connectivity index (χ1n) is 12.3. The Morgan fingerprint density at radius 2 is 1.61 bits per heavy atom. The topological polar surface area (TPSA) is 96.9 Å². The monoisotopic (exact) mass is 529 g/mol. The van der Waals surface area contributed by atoms with Gasteiger partial charge >= 0.3 is 0 Å². The van der Waals surface area contributed by atoms with E-state index >= 15 is 0 Å². The minimum Gasteiger partial charge on any atom is -0.488 e. The Bertz CT molecular complexity index is 1540. The third kappa shape index (κ3) is 6.65. The average molecular weight is 530 g/mol. The van der Waals surface area contributed by atoms with E-state index in [1.165, 1.54) is 18.3 Å². The Balaban J connectivity index is 1.43. The number of para-hydroxylation sites is 1. The van der Waals surface area contributed by atoms with Crippen LogP contribution in [0, 0.1) is 12.8 Å². The lowest BCUT2D eigenvalue weighted by atomic mass is 10.1. The molecule has 0 unspecified atom stereocenters. The number of hydrogen-bond acceptors (Lipinski definition) is 5. The third-order valence-corrected chi connectivity index (χ3v) is 7.58.